The second kappa shape index (κ2) is 6.08. The van der Waals surface area contributed by atoms with E-state index in [2.05, 4.69) is 10.5 Å². The van der Waals surface area contributed by atoms with Crippen LogP contribution in [0.25, 0.3) is 0 Å². The first-order valence-corrected chi connectivity index (χ1v) is 6.92. The van der Waals surface area contributed by atoms with E-state index in [9.17, 15) is 9.59 Å². The van der Waals surface area contributed by atoms with Gasteiger partial charge < -0.3 is 4.74 Å². The molecule has 1 fully saturated rings. The van der Waals surface area contributed by atoms with Gasteiger partial charge in [0.25, 0.3) is 5.91 Å². The van der Waals surface area contributed by atoms with Gasteiger partial charge in [0.2, 0.25) is 0 Å². The van der Waals surface area contributed by atoms with Crippen molar-refractivity contribution in [2.45, 2.75) is 33.1 Å². The fourth-order valence-electron chi connectivity index (χ4n) is 2.60. The lowest BCUT2D eigenvalue weighted by molar-refractivity contribution is -0.120. The summed E-state index contributed by atoms with van der Waals surface area (Å²) in [6.07, 6.45) is 1.59. The molecule has 1 N–H and O–H groups in total. The first-order chi connectivity index (χ1) is 9.91. The van der Waals surface area contributed by atoms with Gasteiger partial charge in [-0.05, 0) is 24.0 Å². The molecule has 1 aromatic rings. The van der Waals surface area contributed by atoms with Crippen LogP contribution in [0, 0.1) is 5.41 Å². The molecule has 21 heavy (non-hydrogen) atoms. The Bertz CT molecular complexity index is 591. The number of ether oxygens (including phenoxy) is 1. The van der Waals surface area contributed by atoms with E-state index in [0.29, 0.717) is 30.6 Å². The fourth-order valence-corrected chi connectivity index (χ4v) is 2.60. The Morgan fingerprint density at radius 3 is 2.67 bits per heavy atom. The zero-order valence-electron chi connectivity index (χ0n) is 12.6. The molecule has 0 atom stereocenters. The van der Waals surface area contributed by atoms with Gasteiger partial charge in [0.15, 0.2) is 0 Å². The van der Waals surface area contributed by atoms with Crippen LogP contribution in [0.5, 0.6) is 5.75 Å². The zero-order valence-corrected chi connectivity index (χ0v) is 12.6. The lowest BCUT2D eigenvalue weighted by atomic mass is 9.76. The van der Waals surface area contributed by atoms with Crippen molar-refractivity contribution in [2.75, 3.05) is 7.11 Å². The minimum atomic E-state index is -0.337. The standard InChI is InChI=1S/C16H20N2O3/c1-16(2)9-11(8-12(19)10-16)17-18-15(20)13-6-4-5-7-14(13)21-3/h4-7H,8-10H2,1-3H3,(H,18,20). The molecule has 5 nitrogen and oxygen atoms in total. The van der Waals surface area contributed by atoms with Crippen LogP contribution in [0.4, 0.5) is 0 Å². The molecule has 2 rings (SSSR count). The molecule has 1 saturated carbocycles. The third-order valence-electron chi connectivity index (χ3n) is 3.43. The molecule has 0 saturated heterocycles. The number of carbonyl (C=O) groups is 2. The highest BCUT2D eigenvalue weighted by atomic mass is 16.5. The van der Waals surface area contributed by atoms with Crippen LogP contribution in [-0.2, 0) is 4.79 Å². The van der Waals surface area contributed by atoms with Crippen molar-refractivity contribution >= 4 is 17.4 Å². The second-order valence-corrected chi connectivity index (χ2v) is 6.05. The first-order valence-electron chi connectivity index (χ1n) is 6.92. The van der Waals surface area contributed by atoms with Gasteiger partial charge in [0.05, 0.1) is 12.7 Å². The number of hydrazone groups is 1. The average Bonchev–Trinajstić information content (AvgIpc) is 2.42. The van der Waals surface area contributed by atoms with E-state index in [1.807, 2.05) is 13.8 Å². The molecule has 1 aliphatic carbocycles. The van der Waals surface area contributed by atoms with Gasteiger partial charge in [-0.2, -0.15) is 5.10 Å². The van der Waals surface area contributed by atoms with Gasteiger partial charge in [-0.3, -0.25) is 9.59 Å². The average molecular weight is 288 g/mol. The highest BCUT2D eigenvalue weighted by molar-refractivity contribution is 6.05. The largest absolute Gasteiger partial charge is 0.496 e. The highest BCUT2D eigenvalue weighted by Crippen LogP contribution is 2.31. The van der Waals surface area contributed by atoms with Gasteiger partial charge >= 0.3 is 0 Å². The van der Waals surface area contributed by atoms with Gasteiger partial charge in [-0.15, -0.1) is 0 Å². The second-order valence-electron chi connectivity index (χ2n) is 6.05. The molecular weight excluding hydrogens is 268 g/mol. The molecule has 0 aromatic heterocycles. The van der Waals surface area contributed by atoms with E-state index in [1.165, 1.54) is 7.11 Å². The number of ketones is 1. The molecule has 0 radical (unpaired) electrons. The maximum Gasteiger partial charge on any atom is 0.275 e. The number of hydrogen-bond acceptors (Lipinski definition) is 4. The SMILES string of the molecule is COc1ccccc1C(=O)NN=C1CC(=O)CC(C)(C)C1. The number of carbonyl (C=O) groups excluding carboxylic acids is 2. The lowest BCUT2D eigenvalue weighted by Gasteiger charge is -2.29. The summed E-state index contributed by atoms with van der Waals surface area (Å²) >= 11 is 0. The number of Topliss-reactive ketones (excluding diaryl/α,β-unsaturated/α-hetero) is 1. The van der Waals surface area contributed by atoms with Crippen molar-refractivity contribution in [3.05, 3.63) is 29.8 Å². The molecule has 5 heteroatoms. The van der Waals surface area contributed by atoms with Crippen molar-refractivity contribution in [3.63, 3.8) is 0 Å². The van der Waals surface area contributed by atoms with Gasteiger partial charge in [-0.25, -0.2) is 5.43 Å². The molecule has 0 aliphatic heterocycles. The van der Waals surface area contributed by atoms with Crippen molar-refractivity contribution in [1.82, 2.24) is 5.43 Å². The van der Waals surface area contributed by atoms with Gasteiger partial charge in [0, 0.05) is 18.6 Å². The smallest absolute Gasteiger partial charge is 0.275 e. The summed E-state index contributed by atoms with van der Waals surface area (Å²) in [4.78, 5) is 23.8. The predicted octanol–water partition coefficient (Wildman–Crippen LogP) is 2.56. The number of methoxy groups -OCH3 is 1. The van der Waals surface area contributed by atoms with Crippen molar-refractivity contribution in [2.24, 2.45) is 10.5 Å². The third-order valence-corrected chi connectivity index (χ3v) is 3.43. The Hall–Kier alpha value is -2.17. The molecule has 1 aliphatic rings. The number of hydrogen-bond donors (Lipinski definition) is 1. The quantitative estimate of drug-likeness (QED) is 0.869. The molecule has 0 unspecified atom stereocenters. The Morgan fingerprint density at radius 1 is 1.29 bits per heavy atom. The maximum absolute atomic E-state index is 12.1. The van der Waals surface area contributed by atoms with Crippen LogP contribution in [-0.4, -0.2) is 24.5 Å². The van der Waals surface area contributed by atoms with E-state index < -0.39 is 0 Å². The van der Waals surface area contributed by atoms with Gasteiger partial charge in [-0.1, -0.05) is 26.0 Å². The van der Waals surface area contributed by atoms with Crippen molar-refractivity contribution < 1.29 is 14.3 Å². The highest BCUT2D eigenvalue weighted by Gasteiger charge is 2.30. The number of benzene rings is 1. The van der Waals surface area contributed by atoms with Crippen LogP contribution in [0.2, 0.25) is 0 Å². The summed E-state index contributed by atoms with van der Waals surface area (Å²) in [5, 5.41) is 4.12. The molecular formula is C16H20N2O3. The summed E-state index contributed by atoms with van der Waals surface area (Å²) in [6.45, 7) is 4.06. The van der Waals surface area contributed by atoms with E-state index in [1.54, 1.807) is 24.3 Å². The number of nitrogens with one attached hydrogen (secondary N) is 1. The summed E-state index contributed by atoms with van der Waals surface area (Å²) in [7, 11) is 1.51. The first kappa shape index (κ1) is 15.2. The summed E-state index contributed by atoms with van der Waals surface area (Å²) in [5.41, 5.74) is 3.57. The van der Waals surface area contributed by atoms with Crippen LogP contribution in [0.1, 0.15) is 43.5 Å². The number of rotatable bonds is 3. The molecule has 0 heterocycles. The van der Waals surface area contributed by atoms with Crippen LogP contribution in [0.15, 0.2) is 29.4 Å². The number of para-hydroxylation sites is 1. The summed E-state index contributed by atoms with van der Waals surface area (Å²) in [6, 6.07) is 6.95. The Balaban J connectivity index is 2.10. The topological polar surface area (TPSA) is 67.8 Å². The van der Waals surface area contributed by atoms with Crippen LogP contribution < -0.4 is 10.2 Å². The minimum absolute atomic E-state index is 0.0939. The zero-order chi connectivity index (χ0) is 15.5. The molecule has 1 aromatic carbocycles. The van der Waals surface area contributed by atoms with E-state index in [0.717, 1.165) is 5.71 Å². The summed E-state index contributed by atoms with van der Waals surface area (Å²) in [5.74, 6) is 0.322. The number of nitrogens with zero attached hydrogens (tertiary/aromatic N) is 1. The van der Waals surface area contributed by atoms with Crippen LogP contribution in [0.3, 0.4) is 0 Å². The normalized spacial score (nSPS) is 19.4. The van der Waals surface area contributed by atoms with E-state index in [4.69, 9.17) is 4.74 Å². The monoisotopic (exact) mass is 288 g/mol. The Kier molecular flexibility index (Phi) is 4.40. The fraction of sp³-hybridized carbons (Fsp3) is 0.438. The van der Waals surface area contributed by atoms with Gasteiger partial charge in [0.1, 0.15) is 11.5 Å². The maximum atomic E-state index is 12.1. The molecule has 0 bridgehead atoms. The predicted molar refractivity (Wildman–Crippen MR) is 80.5 cm³/mol. The Labute approximate surface area is 124 Å². The molecule has 1 amide bonds. The van der Waals surface area contributed by atoms with E-state index >= 15 is 0 Å². The molecule has 112 valence electrons. The summed E-state index contributed by atoms with van der Waals surface area (Å²) < 4.78 is 5.15. The van der Waals surface area contributed by atoms with E-state index in [-0.39, 0.29) is 17.1 Å². The van der Waals surface area contributed by atoms with Crippen molar-refractivity contribution in [3.8, 4) is 5.75 Å². The van der Waals surface area contributed by atoms with Crippen LogP contribution >= 0.6 is 0 Å². The Morgan fingerprint density at radius 2 is 2.00 bits per heavy atom. The van der Waals surface area contributed by atoms with Crippen molar-refractivity contribution in [1.29, 1.82) is 0 Å². The minimum Gasteiger partial charge on any atom is -0.496 e. The molecule has 0 spiro atoms. The lowest BCUT2D eigenvalue weighted by Crippen LogP contribution is -2.31. The number of amides is 1. The third kappa shape index (κ3) is 3.90.